The van der Waals surface area contributed by atoms with Crippen molar-refractivity contribution in [3.8, 4) is 5.75 Å². The van der Waals surface area contributed by atoms with Crippen LogP contribution in [-0.4, -0.2) is 17.8 Å². The van der Waals surface area contributed by atoms with Gasteiger partial charge in [0.15, 0.2) is 0 Å². The molecule has 1 heterocycles. The molecule has 5 rings (SSSR count). The average molecular weight is 475 g/mol. The summed E-state index contributed by atoms with van der Waals surface area (Å²) in [7, 11) is 0. The van der Waals surface area contributed by atoms with Crippen LogP contribution in [0.25, 0.3) is 0 Å². The van der Waals surface area contributed by atoms with Crippen molar-refractivity contribution in [1.82, 2.24) is 10.9 Å². The monoisotopic (exact) mass is 474 g/mol. The first-order valence-electron chi connectivity index (χ1n) is 11.8. The number of hydrogen-bond acceptors (Lipinski definition) is 5. The number of benzene rings is 4. The first kappa shape index (κ1) is 23.1. The molecular weight excluding hydrogens is 448 g/mol. The van der Waals surface area contributed by atoms with E-state index in [0.717, 1.165) is 28.0 Å². The van der Waals surface area contributed by atoms with Gasteiger partial charge in [-0.05, 0) is 46.5 Å². The summed E-state index contributed by atoms with van der Waals surface area (Å²) in [6.45, 7) is 0.508. The Morgan fingerprint density at radius 3 is 2.06 bits per heavy atom. The number of amides is 1. The summed E-state index contributed by atoms with van der Waals surface area (Å²) in [5.74, 6) is 0.430. The van der Waals surface area contributed by atoms with Crippen molar-refractivity contribution < 1.29 is 9.53 Å². The van der Waals surface area contributed by atoms with E-state index in [-0.39, 0.29) is 5.91 Å². The minimum atomic E-state index is -0.603. The molecule has 6 heteroatoms. The van der Waals surface area contributed by atoms with Gasteiger partial charge >= 0.3 is 0 Å². The summed E-state index contributed by atoms with van der Waals surface area (Å²) in [4.78, 5) is 12.8. The van der Waals surface area contributed by atoms with Gasteiger partial charge in [-0.25, -0.2) is 5.43 Å². The number of hydrogen-bond donors (Lipinski definition) is 2. The normalized spacial score (nSPS) is 14.2. The minimum absolute atomic E-state index is 0.338. The molecular formula is C30H26N4O2. The molecule has 0 aliphatic carbocycles. The number of carbonyl (C=O) groups excluding carboxylic acids is 1. The lowest BCUT2D eigenvalue weighted by atomic mass is 9.80. The summed E-state index contributed by atoms with van der Waals surface area (Å²) >= 11 is 0. The Labute approximate surface area is 210 Å². The quantitative estimate of drug-likeness (QED) is 0.279. The van der Waals surface area contributed by atoms with Crippen LogP contribution in [0.5, 0.6) is 5.75 Å². The molecule has 0 atom stereocenters. The molecule has 4 aromatic rings. The van der Waals surface area contributed by atoms with Gasteiger partial charge < -0.3 is 4.74 Å². The highest BCUT2D eigenvalue weighted by Crippen LogP contribution is 2.36. The van der Waals surface area contributed by atoms with E-state index in [1.54, 1.807) is 6.21 Å². The molecule has 0 saturated carbocycles. The van der Waals surface area contributed by atoms with Crippen molar-refractivity contribution in [1.29, 1.82) is 0 Å². The summed E-state index contributed by atoms with van der Waals surface area (Å²) < 4.78 is 5.81. The van der Waals surface area contributed by atoms with E-state index in [0.29, 0.717) is 18.7 Å². The second-order valence-electron chi connectivity index (χ2n) is 8.53. The van der Waals surface area contributed by atoms with Gasteiger partial charge in [0.25, 0.3) is 5.91 Å². The summed E-state index contributed by atoms with van der Waals surface area (Å²) in [6, 6.07) is 37.6. The Hall–Kier alpha value is -4.71. The second-order valence-corrected chi connectivity index (χ2v) is 8.53. The van der Waals surface area contributed by atoms with Gasteiger partial charge in [0.1, 0.15) is 23.6 Å². The van der Waals surface area contributed by atoms with Crippen LogP contribution in [0.3, 0.4) is 0 Å². The first-order valence-corrected chi connectivity index (χ1v) is 11.8. The highest BCUT2D eigenvalue weighted by atomic mass is 16.5. The number of rotatable bonds is 8. The Kier molecular flexibility index (Phi) is 6.85. The summed E-state index contributed by atoms with van der Waals surface area (Å²) in [5.41, 5.74) is 9.67. The molecule has 2 N–H and O–H groups in total. The molecule has 0 radical (unpaired) electrons. The van der Waals surface area contributed by atoms with Crippen molar-refractivity contribution in [2.24, 2.45) is 10.2 Å². The molecule has 0 bridgehead atoms. The fourth-order valence-corrected chi connectivity index (χ4v) is 4.19. The Balaban J connectivity index is 1.20. The molecule has 1 amide bonds. The number of ether oxygens (including phenoxy) is 1. The Morgan fingerprint density at radius 1 is 0.861 bits per heavy atom. The van der Waals surface area contributed by atoms with Crippen LogP contribution in [0.4, 0.5) is 0 Å². The van der Waals surface area contributed by atoms with Crippen LogP contribution in [0.2, 0.25) is 0 Å². The summed E-state index contributed by atoms with van der Waals surface area (Å²) in [5, 5.41) is 8.52. The van der Waals surface area contributed by atoms with Gasteiger partial charge in [-0.2, -0.15) is 10.2 Å². The zero-order valence-corrected chi connectivity index (χ0v) is 19.7. The van der Waals surface area contributed by atoms with E-state index in [1.165, 1.54) is 0 Å². The maximum atomic E-state index is 12.8. The van der Waals surface area contributed by atoms with E-state index in [9.17, 15) is 4.79 Å². The van der Waals surface area contributed by atoms with Crippen molar-refractivity contribution in [3.05, 3.63) is 138 Å². The van der Waals surface area contributed by atoms with Gasteiger partial charge in [0.05, 0.1) is 6.21 Å². The number of nitrogens with one attached hydrogen (secondary N) is 2. The van der Waals surface area contributed by atoms with Crippen LogP contribution in [-0.2, 0) is 16.9 Å². The Bertz CT molecular complexity index is 1310. The SMILES string of the molecule is O=C(NN=Cc1ccc(OCc2ccccc2)cc1)C1=NNC(c2ccccc2)(c2ccccc2)C1. The summed E-state index contributed by atoms with van der Waals surface area (Å²) in [6.07, 6.45) is 2.01. The number of hydrazone groups is 2. The standard InChI is InChI=1S/C30H26N4O2/c35-29(33-31-21-23-16-18-27(19-17-23)36-22-24-10-4-1-5-11-24)28-20-30(34-32-28,25-12-6-2-7-13-25)26-14-8-3-9-15-26/h1-19,21,34H,20,22H2,(H,33,35). The second kappa shape index (κ2) is 10.7. The van der Waals surface area contributed by atoms with Crippen LogP contribution in [0.15, 0.2) is 125 Å². The van der Waals surface area contributed by atoms with Crippen LogP contribution >= 0.6 is 0 Å². The molecule has 6 nitrogen and oxygen atoms in total. The van der Waals surface area contributed by atoms with E-state index in [2.05, 4.69) is 21.1 Å². The highest BCUT2D eigenvalue weighted by Gasteiger charge is 2.41. The van der Waals surface area contributed by atoms with E-state index >= 15 is 0 Å². The van der Waals surface area contributed by atoms with Crippen molar-refractivity contribution in [2.75, 3.05) is 0 Å². The van der Waals surface area contributed by atoms with E-state index in [4.69, 9.17) is 4.74 Å². The van der Waals surface area contributed by atoms with Crippen LogP contribution in [0, 0.1) is 0 Å². The number of nitrogens with zero attached hydrogens (tertiary/aromatic N) is 2. The maximum Gasteiger partial charge on any atom is 0.287 e. The molecule has 0 aromatic heterocycles. The smallest absolute Gasteiger partial charge is 0.287 e. The molecule has 0 spiro atoms. The fraction of sp³-hybridized carbons (Fsp3) is 0.100. The molecule has 1 aliphatic rings. The largest absolute Gasteiger partial charge is 0.489 e. The third-order valence-electron chi connectivity index (χ3n) is 6.12. The number of carbonyl (C=O) groups is 1. The zero-order valence-electron chi connectivity index (χ0n) is 19.7. The lowest BCUT2D eigenvalue weighted by Crippen LogP contribution is -2.38. The third kappa shape index (κ3) is 5.18. The van der Waals surface area contributed by atoms with Crippen molar-refractivity contribution >= 4 is 17.8 Å². The van der Waals surface area contributed by atoms with E-state index in [1.807, 2.05) is 115 Å². The van der Waals surface area contributed by atoms with Crippen LogP contribution < -0.4 is 15.6 Å². The molecule has 0 fully saturated rings. The fourth-order valence-electron chi connectivity index (χ4n) is 4.19. The zero-order chi connectivity index (χ0) is 24.6. The van der Waals surface area contributed by atoms with Gasteiger partial charge in [-0.15, -0.1) is 0 Å². The predicted octanol–water partition coefficient (Wildman–Crippen LogP) is 5.01. The molecule has 4 aromatic carbocycles. The van der Waals surface area contributed by atoms with Crippen molar-refractivity contribution in [2.45, 2.75) is 18.6 Å². The molecule has 1 aliphatic heterocycles. The predicted molar refractivity (Wildman–Crippen MR) is 142 cm³/mol. The van der Waals surface area contributed by atoms with E-state index < -0.39 is 5.54 Å². The maximum absolute atomic E-state index is 12.8. The van der Waals surface area contributed by atoms with Gasteiger partial charge in [-0.1, -0.05) is 91.0 Å². The van der Waals surface area contributed by atoms with Gasteiger partial charge in [0.2, 0.25) is 0 Å². The molecule has 178 valence electrons. The minimum Gasteiger partial charge on any atom is -0.489 e. The Morgan fingerprint density at radius 2 is 1.44 bits per heavy atom. The molecule has 0 saturated heterocycles. The van der Waals surface area contributed by atoms with Gasteiger partial charge in [-0.3, -0.25) is 10.2 Å². The highest BCUT2D eigenvalue weighted by molar-refractivity contribution is 6.39. The topological polar surface area (TPSA) is 75.1 Å². The molecule has 0 unspecified atom stereocenters. The van der Waals surface area contributed by atoms with Gasteiger partial charge in [0, 0.05) is 6.42 Å². The molecule has 36 heavy (non-hydrogen) atoms. The first-order chi connectivity index (χ1) is 17.7. The average Bonchev–Trinajstić information content (AvgIpc) is 3.41. The van der Waals surface area contributed by atoms with Crippen molar-refractivity contribution in [3.63, 3.8) is 0 Å². The lowest BCUT2D eigenvalue weighted by molar-refractivity contribution is -0.114. The lowest BCUT2D eigenvalue weighted by Gasteiger charge is -2.30. The third-order valence-corrected chi connectivity index (χ3v) is 6.12. The van der Waals surface area contributed by atoms with Crippen LogP contribution in [0.1, 0.15) is 28.7 Å².